The minimum absolute atomic E-state index is 0.0861. The maximum atomic E-state index is 12.1. The van der Waals surface area contributed by atoms with Crippen molar-refractivity contribution < 1.29 is 9.53 Å². The molecule has 1 aromatic heterocycles. The number of nitrogens with zero attached hydrogens (tertiary/aromatic N) is 2. The number of carbonyl (C=O) groups excluding carboxylic acids is 1. The van der Waals surface area contributed by atoms with Crippen LogP contribution in [-0.4, -0.2) is 29.4 Å². The van der Waals surface area contributed by atoms with Gasteiger partial charge >= 0.3 is 0 Å². The molecule has 0 spiro atoms. The number of hydrogen-bond donors (Lipinski definition) is 0. The highest BCUT2D eigenvalue weighted by molar-refractivity contribution is 6.35. The van der Waals surface area contributed by atoms with Crippen LogP contribution in [0.25, 0.3) is 0 Å². The molecule has 1 amide bonds. The van der Waals surface area contributed by atoms with Crippen LogP contribution in [0.1, 0.15) is 11.1 Å². The van der Waals surface area contributed by atoms with E-state index in [1.807, 2.05) is 13.0 Å². The molecule has 0 unspecified atom stereocenters. The molecule has 2 aromatic rings. The van der Waals surface area contributed by atoms with Gasteiger partial charge in [-0.2, -0.15) is 0 Å². The molecular weight excluding hydrogens is 323 g/mol. The molecule has 6 heteroatoms. The third kappa shape index (κ3) is 4.36. The van der Waals surface area contributed by atoms with E-state index in [-0.39, 0.29) is 12.5 Å². The summed E-state index contributed by atoms with van der Waals surface area (Å²) < 4.78 is 5.45. The Balaban J connectivity index is 1.93. The number of aryl methyl sites for hydroxylation is 1. The predicted molar refractivity (Wildman–Crippen MR) is 87.4 cm³/mol. The van der Waals surface area contributed by atoms with Crippen molar-refractivity contribution in [1.82, 2.24) is 9.88 Å². The highest BCUT2D eigenvalue weighted by Crippen LogP contribution is 2.27. The third-order valence-electron chi connectivity index (χ3n) is 3.23. The van der Waals surface area contributed by atoms with Crippen LogP contribution in [0.4, 0.5) is 0 Å². The van der Waals surface area contributed by atoms with Crippen LogP contribution in [0.3, 0.4) is 0 Å². The molecule has 22 heavy (non-hydrogen) atoms. The summed E-state index contributed by atoms with van der Waals surface area (Å²) in [6.07, 6.45) is 3.49. The van der Waals surface area contributed by atoms with Crippen LogP contribution in [0.15, 0.2) is 36.7 Å². The van der Waals surface area contributed by atoms with Crippen molar-refractivity contribution in [3.05, 3.63) is 57.8 Å². The molecular formula is C16H16Cl2N2O2. The molecule has 0 N–H and O–H groups in total. The molecule has 1 aromatic carbocycles. The van der Waals surface area contributed by atoms with Gasteiger partial charge in [0.1, 0.15) is 5.75 Å². The SMILES string of the molecule is Cc1ccncc1CN(C)C(=O)COc1ccc(Cl)cc1Cl. The van der Waals surface area contributed by atoms with Crippen molar-refractivity contribution in [3.8, 4) is 5.75 Å². The molecule has 0 aliphatic heterocycles. The van der Waals surface area contributed by atoms with Crippen molar-refractivity contribution >= 4 is 29.1 Å². The number of amides is 1. The van der Waals surface area contributed by atoms with Gasteiger partial charge in [0.05, 0.1) is 5.02 Å². The average molecular weight is 339 g/mol. The molecule has 4 nitrogen and oxygen atoms in total. The number of rotatable bonds is 5. The summed E-state index contributed by atoms with van der Waals surface area (Å²) in [6, 6.07) is 6.79. The third-order valence-corrected chi connectivity index (χ3v) is 3.76. The van der Waals surface area contributed by atoms with Crippen LogP contribution < -0.4 is 4.74 Å². The topological polar surface area (TPSA) is 42.4 Å². The van der Waals surface area contributed by atoms with Crippen LogP contribution in [0, 0.1) is 6.92 Å². The van der Waals surface area contributed by atoms with Gasteiger partial charge in [-0.25, -0.2) is 0 Å². The molecule has 0 atom stereocenters. The van der Waals surface area contributed by atoms with Crippen molar-refractivity contribution in [3.63, 3.8) is 0 Å². The lowest BCUT2D eigenvalue weighted by Gasteiger charge is -2.18. The van der Waals surface area contributed by atoms with E-state index in [4.69, 9.17) is 27.9 Å². The fraction of sp³-hybridized carbons (Fsp3) is 0.250. The van der Waals surface area contributed by atoms with E-state index in [0.29, 0.717) is 22.3 Å². The van der Waals surface area contributed by atoms with E-state index >= 15 is 0 Å². The molecule has 1 heterocycles. The minimum Gasteiger partial charge on any atom is -0.482 e. The second-order valence-electron chi connectivity index (χ2n) is 4.92. The van der Waals surface area contributed by atoms with Gasteiger partial charge in [0.2, 0.25) is 0 Å². The number of likely N-dealkylation sites (N-methyl/N-ethyl adjacent to an activating group) is 1. The Bertz CT molecular complexity index is 677. The molecule has 0 aliphatic carbocycles. The average Bonchev–Trinajstić information content (AvgIpc) is 2.48. The summed E-state index contributed by atoms with van der Waals surface area (Å²) in [4.78, 5) is 17.8. The quantitative estimate of drug-likeness (QED) is 0.834. The fourth-order valence-electron chi connectivity index (χ4n) is 1.85. The van der Waals surface area contributed by atoms with Crippen molar-refractivity contribution in [2.45, 2.75) is 13.5 Å². The summed E-state index contributed by atoms with van der Waals surface area (Å²) >= 11 is 11.8. The summed E-state index contributed by atoms with van der Waals surface area (Å²) in [6.45, 7) is 2.38. The van der Waals surface area contributed by atoms with Gasteiger partial charge in [0.15, 0.2) is 6.61 Å². The van der Waals surface area contributed by atoms with Gasteiger partial charge in [-0.1, -0.05) is 23.2 Å². The van der Waals surface area contributed by atoms with E-state index in [2.05, 4.69) is 4.98 Å². The zero-order valence-electron chi connectivity index (χ0n) is 12.3. The van der Waals surface area contributed by atoms with E-state index in [9.17, 15) is 4.79 Å². The molecule has 0 aliphatic rings. The Hall–Kier alpha value is -1.78. The minimum atomic E-state index is -0.144. The van der Waals surface area contributed by atoms with Crippen LogP contribution >= 0.6 is 23.2 Å². The number of halogens is 2. The zero-order chi connectivity index (χ0) is 16.1. The highest BCUT2D eigenvalue weighted by atomic mass is 35.5. The predicted octanol–water partition coefficient (Wildman–Crippen LogP) is 3.73. The van der Waals surface area contributed by atoms with Gasteiger partial charge in [-0.05, 0) is 42.3 Å². The van der Waals surface area contributed by atoms with Gasteiger partial charge in [-0.15, -0.1) is 0 Å². The number of aromatic nitrogens is 1. The Morgan fingerprint density at radius 2 is 2.09 bits per heavy atom. The van der Waals surface area contributed by atoms with E-state index < -0.39 is 0 Å². The van der Waals surface area contributed by atoms with Crippen molar-refractivity contribution in [1.29, 1.82) is 0 Å². The standard InChI is InChI=1S/C16H16Cl2N2O2/c1-11-5-6-19-8-12(11)9-20(2)16(21)10-22-15-4-3-13(17)7-14(15)18/h3-8H,9-10H2,1-2H3. The second kappa shape index (κ2) is 7.47. The van der Waals surface area contributed by atoms with E-state index in [1.165, 1.54) is 0 Å². The highest BCUT2D eigenvalue weighted by Gasteiger charge is 2.12. The molecule has 0 bridgehead atoms. The van der Waals surface area contributed by atoms with Gasteiger partial charge in [0.25, 0.3) is 5.91 Å². The smallest absolute Gasteiger partial charge is 0.260 e. The number of carbonyl (C=O) groups is 1. The lowest BCUT2D eigenvalue weighted by Crippen LogP contribution is -2.31. The Labute approximate surface area is 139 Å². The molecule has 116 valence electrons. The second-order valence-corrected chi connectivity index (χ2v) is 5.76. The first-order chi connectivity index (χ1) is 10.5. The van der Waals surface area contributed by atoms with Gasteiger partial charge in [-0.3, -0.25) is 9.78 Å². The number of ether oxygens (including phenoxy) is 1. The van der Waals surface area contributed by atoms with Crippen LogP contribution in [-0.2, 0) is 11.3 Å². The lowest BCUT2D eigenvalue weighted by atomic mass is 10.1. The van der Waals surface area contributed by atoms with Crippen molar-refractivity contribution in [2.75, 3.05) is 13.7 Å². The lowest BCUT2D eigenvalue weighted by molar-refractivity contribution is -0.132. The number of pyridine rings is 1. The van der Waals surface area contributed by atoms with Gasteiger partial charge < -0.3 is 9.64 Å². The Kier molecular flexibility index (Phi) is 5.63. The molecule has 2 rings (SSSR count). The molecule has 0 fully saturated rings. The van der Waals surface area contributed by atoms with Gasteiger partial charge in [0, 0.05) is 31.0 Å². The van der Waals surface area contributed by atoms with E-state index in [1.54, 1.807) is 42.5 Å². The maximum absolute atomic E-state index is 12.1. The number of hydrogen-bond acceptors (Lipinski definition) is 3. The Morgan fingerprint density at radius 3 is 2.77 bits per heavy atom. The maximum Gasteiger partial charge on any atom is 0.260 e. The Morgan fingerprint density at radius 1 is 1.32 bits per heavy atom. The first kappa shape index (κ1) is 16.6. The monoisotopic (exact) mass is 338 g/mol. The summed E-state index contributed by atoms with van der Waals surface area (Å²) in [5, 5.41) is 0.902. The summed E-state index contributed by atoms with van der Waals surface area (Å²) in [5.74, 6) is 0.291. The first-order valence-electron chi connectivity index (χ1n) is 6.68. The fourth-order valence-corrected chi connectivity index (χ4v) is 2.31. The first-order valence-corrected chi connectivity index (χ1v) is 7.44. The van der Waals surface area contributed by atoms with E-state index in [0.717, 1.165) is 11.1 Å². The normalized spacial score (nSPS) is 10.4. The summed E-state index contributed by atoms with van der Waals surface area (Å²) in [7, 11) is 1.72. The van der Waals surface area contributed by atoms with Crippen LogP contribution in [0.2, 0.25) is 10.0 Å². The molecule has 0 radical (unpaired) electrons. The van der Waals surface area contributed by atoms with Crippen LogP contribution in [0.5, 0.6) is 5.75 Å². The van der Waals surface area contributed by atoms with Crippen molar-refractivity contribution in [2.24, 2.45) is 0 Å². The zero-order valence-corrected chi connectivity index (χ0v) is 13.9. The number of benzene rings is 1. The summed E-state index contributed by atoms with van der Waals surface area (Å²) in [5.41, 5.74) is 2.10. The largest absolute Gasteiger partial charge is 0.482 e. The molecule has 0 saturated carbocycles. The molecule has 0 saturated heterocycles.